The first-order chi connectivity index (χ1) is 8.15. The number of halogens is 2. The van der Waals surface area contributed by atoms with Gasteiger partial charge in [-0.15, -0.1) is 11.6 Å². The molecule has 1 aliphatic rings. The number of hydrogen-bond donors (Lipinski definition) is 0. The normalized spacial score (nSPS) is 18.3. The number of benzene rings is 1. The lowest BCUT2D eigenvalue weighted by atomic mass is 9.78. The van der Waals surface area contributed by atoms with Crippen LogP contribution in [0.4, 0.5) is 0 Å². The predicted octanol–water partition coefficient (Wildman–Crippen LogP) is 4.33. The van der Waals surface area contributed by atoms with Crippen LogP contribution in [0.5, 0.6) is 0 Å². The van der Waals surface area contributed by atoms with Crippen molar-refractivity contribution in [2.75, 3.05) is 0 Å². The minimum atomic E-state index is 0.143. The lowest BCUT2D eigenvalue weighted by molar-refractivity contribution is 0.171. The smallest absolute Gasteiger partial charge is 0.125 e. The molecule has 90 valence electrons. The summed E-state index contributed by atoms with van der Waals surface area (Å²) >= 11 is 12.3. The highest BCUT2D eigenvalue weighted by Gasteiger charge is 2.36. The lowest BCUT2D eigenvalue weighted by Gasteiger charge is -2.41. The Labute approximate surface area is 111 Å². The molecule has 1 aromatic carbocycles. The number of rotatable bonds is 2. The molecule has 0 bridgehead atoms. The number of fused-ring (bicyclic) bond motifs is 1. The van der Waals surface area contributed by atoms with Gasteiger partial charge in [-0.25, -0.2) is 4.98 Å². The van der Waals surface area contributed by atoms with Gasteiger partial charge in [-0.1, -0.05) is 17.7 Å². The van der Waals surface area contributed by atoms with Crippen molar-refractivity contribution in [3.63, 3.8) is 0 Å². The van der Waals surface area contributed by atoms with Gasteiger partial charge in [0.2, 0.25) is 0 Å². The van der Waals surface area contributed by atoms with Crippen molar-refractivity contribution >= 4 is 34.2 Å². The summed E-state index contributed by atoms with van der Waals surface area (Å²) in [6, 6.07) is 5.85. The molecule has 17 heavy (non-hydrogen) atoms. The van der Waals surface area contributed by atoms with Crippen molar-refractivity contribution in [2.45, 2.75) is 37.6 Å². The summed E-state index contributed by atoms with van der Waals surface area (Å²) in [5.41, 5.74) is 2.12. The van der Waals surface area contributed by atoms with E-state index in [4.69, 9.17) is 23.2 Å². The molecule has 0 amide bonds. The Hall–Kier alpha value is -0.730. The van der Waals surface area contributed by atoms with E-state index in [1.54, 1.807) is 0 Å². The van der Waals surface area contributed by atoms with Gasteiger partial charge >= 0.3 is 0 Å². The topological polar surface area (TPSA) is 17.8 Å². The molecule has 0 radical (unpaired) electrons. The fourth-order valence-corrected chi connectivity index (χ4v) is 3.15. The molecule has 1 fully saturated rings. The van der Waals surface area contributed by atoms with Crippen LogP contribution in [0.2, 0.25) is 5.02 Å². The van der Waals surface area contributed by atoms with Crippen molar-refractivity contribution < 1.29 is 0 Å². The summed E-state index contributed by atoms with van der Waals surface area (Å²) in [5.74, 6) is 1.36. The molecule has 1 heterocycles. The van der Waals surface area contributed by atoms with Crippen LogP contribution in [-0.2, 0) is 11.4 Å². The summed E-state index contributed by atoms with van der Waals surface area (Å²) in [4.78, 5) is 4.59. The van der Waals surface area contributed by atoms with E-state index < -0.39 is 0 Å². The van der Waals surface area contributed by atoms with E-state index in [0.717, 1.165) is 21.9 Å². The highest BCUT2D eigenvalue weighted by Crippen LogP contribution is 2.43. The fourth-order valence-electron chi connectivity index (χ4n) is 2.72. The summed E-state index contributed by atoms with van der Waals surface area (Å²) in [7, 11) is 0. The second-order valence-corrected chi connectivity index (χ2v) is 5.63. The summed E-state index contributed by atoms with van der Waals surface area (Å²) in [6.45, 7) is 2.26. The molecule has 0 spiro atoms. The SMILES string of the molecule is CC1(n2c(CCl)nc3cccc(Cl)c32)CCC1. The number of alkyl halides is 1. The predicted molar refractivity (Wildman–Crippen MR) is 71.8 cm³/mol. The van der Waals surface area contributed by atoms with Gasteiger partial charge in [-0.05, 0) is 38.3 Å². The molecule has 1 aromatic heterocycles. The molecule has 4 heteroatoms. The second-order valence-electron chi connectivity index (χ2n) is 4.96. The molecule has 1 saturated carbocycles. The molecule has 0 N–H and O–H groups in total. The number of hydrogen-bond acceptors (Lipinski definition) is 1. The number of imidazole rings is 1. The second kappa shape index (κ2) is 3.89. The van der Waals surface area contributed by atoms with Crippen LogP contribution in [-0.4, -0.2) is 9.55 Å². The molecule has 0 atom stereocenters. The molecule has 3 rings (SSSR count). The monoisotopic (exact) mass is 268 g/mol. The largest absolute Gasteiger partial charge is 0.320 e. The zero-order valence-electron chi connectivity index (χ0n) is 9.71. The van der Waals surface area contributed by atoms with E-state index in [2.05, 4.69) is 16.5 Å². The molecule has 0 saturated heterocycles. The highest BCUT2D eigenvalue weighted by atomic mass is 35.5. The third-order valence-electron chi connectivity index (χ3n) is 3.79. The third kappa shape index (κ3) is 1.58. The molecule has 1 aliphatic carbocycles. The molecule has 2 aromatic rings. The Morgan fingerprint density at radius 3 is 2.76 bits per heavy atom. The van der Waals surface area contributed by atoms with Gasteiger partial charge in [0.1, 0.15) is 5.82 Å². The Kier molecular flexibility index (Phi) is 2.60. The average molecular weight is 269 g/mol. The number of para-hydroxylation sites is 1. The number of aromatic nitrogens is 2. The van der Waals surface area contributed by atoms with Crippen LogP contribution in [0.1, 0.15) is 32.0 Å². The van der Waals surface area contributed by atoms with E-state index in [-0.39, 0.29) is 5.54 Å². The van der Waals surface area contributed by atoms with Crippen molar-refractivity contribution in [3.05, 3.63) is 29.0 Å². The van der Waals surface area contributed by atoms with Crippen LogP contribution in [0, 0.1) is 0 Å². The van der Waals surface area contributed by atoms with Gasteiger partial charge in [0.25, 0.3) is 0 Å². The maximum absolute atomic E-state index is 6.32. The Bertz CT molecular complexity index is 570. The zero-order valence-corrected chi connectivity index (χ0v) is 11.2. The maximum Gasteiger partial charge on any atom is 0.125 e. The lowest BCUT2D eigenvalue weighted by Crippen LogP contribution is -2.38. The quantitative estimate of drug-likeness (QED) is 0.742. The van der Waals surface area contributed by atoms with Crippen LogP contribution < -0.4 is 0 Å². The van der Waals surface area contributed by atoms with Crippen LogP contribution in [0.3, 0.4) is 0 Å². The Morgan fingerprint density at radius 1 is 1.41 bits per heavy atom. The van der Waals surface area contributed by atoms with Gasteiger partial charge in [0.05, 0.1) is 21.9 Å². The van der Waals surface area contributed by atoms with Gasteiger partial charge < -0.3 is 4.57 Å². The van der Waals surface area contributed by atoms with Crippen LogP contribution in [0.25, 0.3) is 11.0 Å². The Morgan fingerprint density at radius 2 is 2.18 bits per heavy atom. The van der Waals surface area contributed by atoms with Crippen LogP contribution >= 0.6 is 23.2 Å². The zero-order chi connectivity index (χ0) is 12.0. The molecular formula is C13H14Cl2N2. The van der Waals surface area contributed by atoms with Crippen molar-refractivity contribution in [3.8, 4) is 0 Å². The Balaban J connectivity index is 2.33. The minimum Gasteiger partial charge on any atom is -0.320 e. The first-order valence-corrected chi connectivity index (χ1v) is 6.79. The van der Waals surface area contributed by atoms with Gasteiger partial charge in [-0.2, -0.15) is 0 Å². The summed E-state index contributed by atoms with van der Waals surface area (Å²) < 4.78 is 2.25. The molecule has 2 nitrogen and oxygen atoms in total. The average Bonchev–Trinajstić information content (AvgIpc) is 2.66. The van der Waals surface area contributed by atoms with Crippen LogP contribution in [0.15, 0.2) is 18.2 Å². The van der Waals surface area contributed by atoms with E-state index >= 15 is 0 Å². The molecule has 0 aliphatic heterocycles. The third-order valence-corrected chi connectivity index (χ3v) is 4.33. The summed E-state index contributed by atoms with van der Waals surface area (Å²) in [5, 5.41) is 0.763. The first kappa shape index (κ1) is 11.4. The van der Waals surface area contributed by atoms with Crippen molar-refractivity contribution in [2.24, 2.45) is 0 Å². The first-order valence-electron chi connectivity index (χ1n) is 5.88. The number of nitrogens with zero attached hydrogens (tertiary/aromatic N) is 2. The van der Waals surface area contributed by atoms with E-state index in [0.29, 0.717) is 5.88 Å². The molecular weight excluding hydrogens is 255 g/mol. The maximum atomic E-state index is 6.32. The van der Waals surface area contributed by atoms with E-state index in [9.17, 15) is 0 Å². The van der Waals surface area contributed by atoms with E-state index in [1.165, 1.54) is 19.3 Å². The van der Waals surface area contributed by atoms with Crippen molar-refractivity contribution in [1.29, 1.82) is 0 Å². The van der Waals surface area contributed by atoms with Crippen molar-refractivity contribution in [1.82, 2.24) is 9.55 Å². The fraction of sp³-hybridized carbons (Fsp3) is 0.462. The van der Waals surface area contributed by atoms with E-state index in [1.807, 2.05) is 18.2 Å². The molecule has 0 unspecified atom stereocenters. The van der Waals surface area contributed by atoms with Gasteiger partial charge in [-0.3, -0.25) is 0 Å². The standard InChI is InChI=1S/C13H14Cl2N2/c1-13(6-3-7-13)17-11(8-14)16-10-5-2-4-9(15)12(10)17/h2,4-5H,3,6-8H2,1H3. The highest BCUT2D eigenvalue weighted by molar-refractivity contribution is 6.35. The minimum absolute atomic E-state index is 0.143. The van der Waals surface area contributed by atoms with Gasteiger partial charge in [0.15, 0.2) is 0 Å². The summed E-state index contributed by atoms with van der Waals surface area (Å²) in [6.07, 6.45) is 3.61. The van der Waals surface area contributed by atoms with Gasteiger partial charge in [0, 0.05) is 5.54 Å².